The minimum absolute atomic E-state index is 0.168. The number of nitrogens with two attached hydrogens (primary N) is 1. The van der Waals surface area contributed by atoms with Crippen LogP contribution in [0.1, 0.15) is 19.3 Å². The largest absolute Gasteiger partial charge is 0.391 e. The first-order valence-electron chi connectivity index (χ1n) is 5.04. The first kappa shape index (κ1) is 9.40. The van der Waals surface area contributed by atoms with E-state index < -0.39 is 0 Å². The van der Waals surface area contributed by atoms with E-state index >= 15 is 0 Å². The maximum absolute atomic E-state index is 9.31. The van der Waals surface area contributed by atoms with Crippen LogP contribution in [0.4, 0.5) is 0 Å². The molecule has 76 valence electrons. The molecule has 2 rings (SSSR count). The lowest BCUT2D eigenvalue weighted by molar-refractivity contribution is 0.0574. The SMILES string of the molecule is NC1CCNC(C2CC(O)CO2)C1. The topological polar surface area (TPSA) is 67.5 Å². The molecule has 0 aromatic heterocycles. The highest BCUT2D eigenvalue weighted by molar-refractivity contribution is 4.89. The molecule has 4 atom stereocenters. The van der Waals surface area contributed by atoms with E-state index in [1.54, 1.807) is 0 Å². The van der Waals surface area contributed by atoms with Crippen LogP contribution < -0.4 is 11.1 Å². The van der Waals surface area contributed by atoms with Crippen LogP contribution in [0.3, 0.4) is 0 Å². The number of ether oxygens (including phenoxy) is 1. The van der Waals surface area contributed by atoms with E-state index in [9.17, 15) is 5.11 Å². The zero-order chi connectivity index (χ0) is 9.26. The summed E-state index contributed by atoms with van der Waals surface area (Å²) in [6.45, 7) is 1.46. The van der Waals surface area contributed by atoms with Crippen LogP contribution in [0, 0.1) is 0 Å². The molecular formula is C9H18N2O2. The van der Waals surface area contributed by atoms with Gasteiger partial charge in [-0.15, -0.1) is 0 Å². The van der Waals surface area contributed by atoms with E-state index in [-0.39, 0.29) is 12.2 Å². The predicted octanol–water partition coefficient (Wildman–Crippen LogP) is -0.784. The zero-order valence-electron chi connectivity index (χ0n) is 7.78. The fraction of sp³-hybridized carbons (Fsp3) is 1.00. The van der Waals surface area contributed by atoms with Crippen LogP contribution in [0.25, 0.3) is 0 Å². The predicted molar refractivity (Wildman–Crippen MR) is 49.4 cm³/mol. The van der Waals surface area contributed by atoms with Crippen LogP contribution >= 0.6 is 0 Å². The van der Waals surface area contributed by atoms with Gasteiger partial charge < -0.3 is 20.9 Å². The summed E-state index contributed by atoms with van der Waals surface area (Å²) in [5.41, 5.74) is 5.87. The highest BCUT2D eigenvalue weighted by Crippen LogP contribution is 2.21. The Labute approximate surface area is 78.4 Å². The third-order valence-electron chi connectivity index (χ3n) is 2.93. The first-order valence-corrected chi connectivity index (χ1v) is 5.04. The minimum atomic E-state index is -0.273. The number of piperidine rings is 1. The summed E-state index contributed by atoms with van der Waals surface area (Å²) in [6, 6.07) is 0.647. The van der Waals surface area contributed by atoms with Crippen molar-refractivity contribution in [3.8, 4) is 0 Å². The van der Waals surface area contributed by atoms with Crippen molar-refractivity contribution in [3.05, 3.63) is 0 Å². The maximum atomic E-state index is 9.31. The van der Waals surface area contributed by atoms with Crippen molar-refractivity contribution >= 4 is 0 Å². The average molecular weight is 186 g/mol. The lowest BCUT2D eigenvalue weighted by Gasteiger charge is -2.31. The Balaban J connectivity index is 1.85. The third-order valence-corrected chi connectivity index (χ3v) is 2.93. The molecule has 0 spiro atoms. The molecule has 0 aromatic carbocycles. The van der Waals surface area contributed by atoms with Crippen molar-refractivity contribution in [1.29, 1.82) is 0 Å². The number of aliphatic hydroxyl groups excluding tert-OH is 1. The molecule has 0 aromatic rings. The van der Waals surface area contributed by atoms with Crippen molar-refractivity contribution in [2.45, 2.75) is 43.6 Å². The van der Waals surface area contributed by atoms with Gasteiger partial charge in [0.15, 0.2) is 0 Å². The summed E-state index contributed by atoms with van der Waals surface area (Å²) < 4.78 is 5.48. The van der Waals surface area contributed by atoms with Gasteiger partial charge in [0.05, 0.1) is 18.8 Å². The molecule has 2 aliphatic rings. The van der Waals surface area contributed by atoms with Crippen LogP contribution in [0.15, 0.2) is 0 Å². The van der Waals surface area contributed by atoms with Gasteiger partial charge in [-0.1, -0.05) is 0 Å². The van der Waals surface area contributed by atoms with Crippen molar-refractivity contribution in [2.75, 3.05) is 13.2 Å². The molecule has 2 saturated heterocycles. The summed E-state index contributed by atoms with van der Waals surface area (Å²) >= 11 is 0. The molecule has 0 aliphatic carbocycles. The van der Waals surface area contributed by atoms with Gasteiger partial charge in [0, 0.05) is 18.5 Å². The van der Waals surface area contributed by atoms with Gasteiger partial charge >= 0.3 is 0 Å². The lowest BCUT2D eigenvalue weighted by Crippen LogP contribution is -2.49. The normalized spacial score (nSPS) is 46.6. The van der Waals surface area contributed by atoms with Crippen molar-refractivity contribution in [2.24, 2.45) is 5.73 Å². The molecule has 4 N–H and O–H groups in total. The number of aliphatic hydroxyl groups is 1. The van der Waals surface area contributed by atoms with E-state index in [1.165, 1.54) is 0 Å². The summed E-state index contributed by atoms with van der Waals surface area (Å²) in [5, 5.41) is 12.7. The van der Waals surface area contributed by atoms with Crippen molar-refractivity contribution in [1.82, 2.24) is 5.32 Å². The van der Waals surface area contributed by atoms with E-state index in [0.29, 0.717) is 18.7 Å². The maximum Gasteiger partial charge on any atom is 0.0799 e. The fourth-order valence-electron chi connectivity index (χ4n) is 2.18. The molecule has 0 saturated carbocycles. The van der Waals surface area contributed by atoms with Crippen LogP contribution in [-0.4, -0.2) is 42.5 Å². The van der Waals surface area contributed by atoms with E-state index in [4.69, 9.17) is 10.5 Å². The second-order valence-corrected chi connectivity index (χ2v) is 4.11. The standard InChI is InChI=1S/C9H18N2O2/c10-6-1-2-11-8(3-6)9-4-7(12)5-13-9/h6-9,11-12H,1-5,10H2. The zero-order valence-corrected chi connectivity index (χ0v) is 7.78. The second-order valence-electron chi connectivity index (χ2n) is 4.11. The number of rotatable bonds is 1. The highest BCUT2D eigenvalue weighted by Gasteiger charge is 2.33. The number of nitrogens with one attached hydrogen (secondary N) is 1. The van der Waals surface area contributed by atoms with Crippen LogP contribution in [0.5, 0.6) is 0 Å². The quantitative estimate of drug-likeness (QED) is 0.502. The summed E-state index contributed by atoms with van der Waals surface area (Å²) in [7, 11) is 0. The second kappa shape index (κ2) is 3.92. The molecule has 4 unspecified atom stereocenters. The Morgan fingerprint density at radius 2 is 2.23 bits per heavy atom. The number of hydrogen-bond donors (Lipinski definition) is 3. The van der Waals surface area contributed by atoms with Crippen molar-refractivity contribution < 1.29 is 9.84 Å². The Morgan fingerprint density at radius 1 is 1.38 bits per heavy atom. The highest BCUT2D eigenvalue weighted by atomic mass is 16.5. The van der Waals surface area contributed by atoms with Gasteiger partial charge in [-0.25, -0.2) is 0 Å². The number of hydrogen-bond acceptors (Lipinski definition) is 4. The van der Waals surface area contributed by atoms with Gasteiger partial charge in [0.1, 0.15) is 0 Å². The molecule has 0 amide bonds. The average Bonchev–Trinajstić information content (AvgIpc) is 2.52. The van der Waals surface area contributed by atoms with Gasteiger partial charge in [-0.3, -0.25) is 0 Å². The molecule has 2 fully saturated rings. The van der Waals surface area contributed by atoms with Gasteiger partial charge in [0.2, 0.25) is 0 Å². The van der Waals surface area contributed by atoms with Crippen LogP contribution in [0.2, 0.25) is 0 Å². The first-order chi connectivity index (χ1) is 6.25. The van der Waals surface area contributed by atoms with Gasteiger partial charge in [-0.2, -0.15) is 0 Å². The Hall–Kier alpha value is -0.160. The van der Waals surface area contributed by atoms with Gasteiger partial charge in [-0.05, 0) is 19.4 Å². The molecule has 0 bridgehead atoms. The molecular weight excluding hydrogens is 168 g/mol. The molecule has 0 radical (unpaired) electrons. The smallest absolute Gasteiger partial charge is 0.0799 e. The Kier molecular flexibility index (Phi) is 2.83. The summed E-state index contributed by atoms with van der Waals surface area (Å²) in [6.07, 6.45) is 2.67. The Morgan fingerprint density at radius 3 is 2.85 bits per heavy atom. The summed E-state index contributed by atoms with van der Waals surface area (Å²) in [5.74, 6) is 0. The van der Waals surface area contributed by atoms with E-state index in [0.717, 1.165) is 25.8 Å². The van der Waals surface area contributed by atoms with Crippen molar-refractivity contribution in [3.63, 3.8) is 0 Å². The summed E-state index contributed by atoms with van der Waals surface area (Å²) in [4.78, 5) is 0. The Bertz CT molecular complexity index is 177. The molecule has 4 heteroatoms. The fourth-order valence-corrected chi connectivity index (χ4v) is 2.18. The third kappa shape index (κ3) is 2.20. The van der Waals surface area contributed by atoms with E-state index in [1.807, 2.05) is 0 Å². The minimum Gasteiger partial charge on any atom is -0.391 e. The molecule has 2 heterocycles. The molecule has 13 heavy (non-hydrogen) atoms. The van der Waals surface area contributed by atoms with Crippen LogP contribution in [-0.2, 0) is 4.74 Å². The lowest BCUT2D eigenvalue weighted by atomic mass is 9.94. The monoisotopic (exact) mass is 186 g/mol. The van der Waals surface area contributed by atoms with Gasteiger partial charge in [0.25, 0.3) is 0 Å². The molecule has 4 nitrogen and oxygen atoms in total. The molecule has 2 aliphatic heterocycles. The van der Waals surface area contributed by atoms with E-state index in [2.05, 4.69) is 5.32 Å².